The molecule has 2 saturated heterocycles. The van der Waals surface area contributed by atoms with Gasteiger partial charge in [-0.3, -0.25) is 14.7 Å². The first-order valence-corrected chi connectivity index (χ1v) is 14.1. The Kier molecular flexibility index (Phi) is 8.59. The predicted molar refractivity (Wildman–Crippen MR) is 146 cm³/mol. The Bertz CT molecular complexity index is 1000. The molecule has 7 nitrogen and oxygen atoms in total. The maximum absolute atomic E-state index is 13.0. The van der Waals surface area contributed by atoms with Crippen LogP contribution in [-0.4, -0.2) is 86.2 Å². The van der Waals surface area contributed by atoms with Gasteiger partial charge in [-0.2, -0.15) is 0 Å². The average molecular weight is 494 g/mol. The van der Waals surface area contributed by atoms with Crippen LogP contribution in [0.1, 0.15) is 51.4 Å². The third kappa shape index (κ3) is 5.94. The zero-order valence-electron chi connectivity index (χ0n) is 22.0. The molecule has 3 aliphatic rings. The molecule has 1 aliphatic carbocycles. The van der Waals surface area contributed by atoms with E-state index < -0.39 is 0 Å². The number of hydrogen-bond acceptors (Lipinski definition) is 6. The molecule has 1 saturated carbocycles. The molecule has 1 N–H and O–H groups in total. The van der Waals surface area contributed by atoms with Gasteiger partial charge in [-0.15, -0.1) is 0 Å². The Hall–Kier alpha value is -2.38. The molecule has 5 rings (SSSR count). The topological polar surface area (TPSA) is 60.9 Å². The van der Waals surface area contributed by atoms with E-state index in [1.807, 2.05) is 12.3 Å². The maximum atomic E-state index is 13.0. The largest absolute Gasteiger partial charge is 0.494 e. The molecule has 1 amide bonds. The standard InChI is InChI=1S/C29H43N5O2/c1-36-26-12-11-24-10-6-13-31-28(24)29(26)34-18-7-17-33(20-21-34)25(23-8-2-3-9-23)22-27(35)30-14-19-32-15-4-5-16-32/h6,10-13,23,25H,2-5,7-9,14-22H2,1H3,(H,30,35). The maximum Gasteiger partial charge on any atom is 0.221 e. The number of pyridine rings is 1. The minimum atomic E-state index is 0.229. The van der Waals surface area contributed by atoms with Crippen LogP contribution in [0.4, 0.5) is 5.69 Å². The Morgan fingerprint density at radius 3 is 2.67 bits per heavy atom. The van der Waals surface area contributed by atoms with Crippen LogP contribution in [0.15, 0.2) is 30.5 Å². The van der Waals surface area contributed by atoms with Gasteiger partial charge in [0, 0.05) is 63.3 Å². The van der Waals surface area contributed by atoms with Crippen LogP contribution in [0.2, 0.25) is 0 Å². The Labute approximate surface area is 216 Å². The smallest absolute Gasteiger partial charge is 0.221 e. The summed E-state index contributed by atoms with van der Waals surface area (Å²) >= 11 is 0. The summed E-state index contributed by atoms with van der Waals surface area (Å²) in [6.07, 6.45) is 11.3. The molecular weight excluding hydrogens is 450 g/mol. The average Bonchev–Trinajstić information content (AvgIpc) is 3.58. The number of aromatic nitrogens is 1. The van der Waals surface area contributed by atoms with Gasteiger partial charge in [0.1, 0.15) is 11.4 Å². The predicted octanol–water partition coefficient (Wildman–Crippen LogP) is 3.92. The van der Waals surface area contributed by atoms with Gasteiger partial charge in [0.15, 0.2) is 0 Å². The van der Waals surface area contributed by atoms with Crippen LogP contribution in [0.3, 0.4) is 0 Å². The van der Waals surface area contributed by atoms with E-state index in [1.54, 1.807) is 7.11 Å². The normalized spacial score (nSPS) is 21.1. The van der Waals surface area contributed by atoms with E-state index in [0.29, 0.717) is 18.4 Å². The number of methoxy groups -OCH3 is 1. The highest BCUT2D eigenvalue weighted by atomic mass is 16.5. The third-order valence-corrected chi connectivity index (χ3v) is 8.53. The van der Waals surface area contributed by atoms with Crippen molar-refractivity contribution in [2.24, 2.45) is 5.92 Å². The number of nitrogens with zero attached hydrogens (tertiary/aromatic N) is 4. The second kappa shape index (κ2) is 12.2. The van der Waals surface area contributed by atoms with E-state index in [1.165, 1.54) is 51.6 Å². The Morgan fingerprint density at radius 1 is 1.03 bits per heavy atom. The van der Waals surface area contributed by atoms with Crippen LogP contribution in [0.25, 0.3) is 10.9 Å². The highest BCUT2D eigenvalue weighted by Gasteiger charge is 2.33. The molecule has 7 heteroatoms. The molecule has 3 fully saturated rings. The van der Waals surface area contributed by atoms with Crippen molar-refractivity contribution in [2.75, 3.05) is 64.4 Å². The van der Waals surface area contributed by atoms with Gasteiger partial charge in [0.25, 0.3) is 0 Å². The van der Waals surface area contributed by atoms with Crippen molar-refractivity contribution < 1.29 is 9.53 Å². The number of carbonyl (C=O) groups excluding carboxylic acids is 1. The number of benzene rings is 1. The van der Waals surface area contributed by atoms with Crippen LogP contribution in [0, 0.1) is 5.92 Å². The zero-order valence-corrected chi connectivity index (χ0v) is 22.0. The van der Waals surface area contributed by atoms with E-state index in [2.05, 4.69) is 38.2 Å². The molecule has 2 aromatic rings. The highest BCUT2D eigenvalue weighted by Crippen LogP contribution is 2.37. The summed E-state index contributed by atoms with van der Waals surface area (Å²) in [6, 6.07) is 8.61. The fourth-order valence-electron chi connectivity index (χ4n) is 6.63. The molecule has 1 aromatic carbocycles. The number of amides is 1. The summed E-state index contributed by atoms with van der Waals surface area (Å²) in [7, 11) is 1.75. The second-order valence-corrected chi connectivity index (χ2v) is 10.8. The van der Waals surface area contributed by atoms with Crippen LogP contribution in [-0.2, 0) is 4.79 Å². The lowest BCUT2D eigenvalue weighted by atomic mass is 9.93. The van der Waals surface area contributed by atoms with Crippen molar-refractivity contribution in [3.05, 3.63) is 30.5 Å². The zero-order chi connectivity index (χ0) is 24.7. The highest BCUT2D eigenvalue weighted by molar-refractivity contribution is 5.94. The monoisotopic (exact) mass is 493 g/mol. The minimum absolute atomic E-state index is 0.229. The number of rotatable bonds is 9. The van der Waals surface area contributed by atoms with Crippen molar-refractivity contribution in [3.63, 3.8) is 0 Å². The Balaban J connectivity index is 1.25. The second-order valence-electron chi connectivity index (χ2n) is 10.8. The van der Waals surface area contributed by atoms with E-state index in [4.69, 9.17) is 9.72 Å². The lowest BCUT2D eigenvalue weighted by molar-refractivity contribution is -0.122. The molecular formula is C29H43N5O2. The molecule has 3 heterocycles. The van der Waals surface area contributed by atoms with E-state index in [9.17, 15) is 4.79 Å². The van der Waals surface area contributed by atoms with E-state index in [0.717, 1.165) is 68.0 Å². The molecule has 36 heavy (non-hydrogen) atoms. The fraction of sp³-hybridized carbons (Fsp3) is 0.655. The van der Waals surface area contributed by atoms with E-state index >= 15 is 0 Å². The summed E-state index contributed by atoms with van der Waals surface area (Å²) in [5.41, 5.74) is 2.12. The molecule has 1 unspecified atom stereocenters. The number of nitrogens with one attached hydrogen (secondary N) is 1. The van der Waals surface area contributed by atoms with Crippen molar-refractivity contribution in [1.29, 1.82) is 0 Å². The molecule has 2 aliphatic heterocycles. The lowest BCUT2D eigenvalue weighted by Gasteiger charge is -2.35. The lowest BCUT2D eigenvalue weighted by Crippen LogP contribution is -2.45. The number of ether oxygens (including phenoxy) is 1. The first-order chi connectivity index (χ1) is 17.7. The van der Waals surface area contributed by atoms with Gasteiger partial charge >= 0.3 is 0 Å². The number of anilines is 1. The van der Waals surface area contributed by atoms with Crippen LogP contribution < -0.4 is 15.0 Å². The van der Waals surface area contributed by atoms with Gasteiger partial charge in [-0.1, -0.05) is 18.9 Å². The van der Waals surface area contributed by atoms with Crippen molar-refractivity contribution >= 4 is 22.5 Å². The molecule has 0 bridgehead atoms. The van der Waals surface area contributed by atoms with Gasteiger partial charge in [0.05, 0.1) is 12.6 Å². The molecule has 1 atom stereocenters. The van der Waals surface area contributed by atoms with Gasteiger partial charge in [-0.05, 0) is 69.3 Å². The summed E-state index contributed by atoms with van der Waals surface area (Å²) in [5.74, 6) is 1.75. The molecule has 0 radical (unpaired) electrons. The van der Waals surface area contributed by atoms with Crippen molar-refractivity contribution in [2.45, 2.75) is 57.4 Å². The number of hydrogen-bond donors (Lipinski definition) is 1. The van der Waals surface area contributed by atoms with Gasteiger partial charge < -0.3 is 19.9 Å². The summed E-state index contributed by atoms with van der Waals surface area (Å²) in [5, 5.41) is 4.39. The Morgan fingerprint density at radius 2 is 1.86 bits per heavy atom. The van der Waals surface area contributed by atoms with Crippen molar-refractivity contribution in [3.8, 4) is 5.75 Å². The molecule has 196 valence electrons. The quantitative estimate of drug-likeness (QED) is 0.572. The molecule has 0 spiro atoms. The van der Waals surface area contributed by atoms with Crippen LogP contribution in [0.5, 0.6) is 5.75 Å². The molecule has 1 aromatic heterocycles. The first kappa shape index (κ1) is 25.3. The summed E-state index contributed by atoms with van der Waals surface area (Å²) in [4.78, 5) is 25.3. The minimum Gasteiger partial charge on any atom is -0.494 e. The van der Waals surface area contributed by atoms with E-state index in [-0.39, 0.29) is 5.91 Å². The van der Waals surface area contributed by atoms with Crippen molar-refractivity contribution in [1.82, 2.24) is 20.1 Å². The summed E-state index contributed by atoms with van der Waals surface area (Å²) < 4.78 is 5.78. The third-order valence-electron chi connectivity index (χ3n) is 8.53. The SMILES string of the molecule is COc1ccc2cccnc2c1N1CCCN(C(CC(=O)NCCN2CCCC2)C2CCCC2)CC1. The number of carbonyl (C=O) groups is 1. The van der Waals surface area contributed by atoms with Gasteiger partial charge in [-0.25, -0.2) is 0 Å². The first-order valence-electron chi connectivity index (χ1n) is 14.1. The summed E-state index contributed by atoms with van der Waals surface area (Å²) in [6.45, 7) is 8.03. The fourth-order valence-corrected chi connectivity index (χ4v) is 6.63. The van der Waals surface area contributed by atoms with Crippen LogP contribution >= 0.6 is 0 Å². The number of likely N-dealkylation sites (tertiary alicyclic amines) is 1. The number of fused-ring (bicyclic) bond motifs is 1. The van der Waals surface area contributed by atoms with Gasteiger partial charge in [0.2, 0.25) is 5.91 Å².